The molecule has 1 aliphatic rings. The summed E-state index contributed by atoms with van der Waals surface area (Å²) >= 11 is 0. The van der Waals surface area contributed by atoms with E-state index in [4.69, 9.17) is 9.47 Å². The van der Waals surface area contributed by atoms with Crippen molar-refractivity contribution in [2.45, 2.75) is 43.2 Å². The Morgan fingerprint density at radius 1 is 0.800 bits per heavy atom. The van der Waals surface area contributed by atoms with Gasteiger partial charge in [0.05, 0.1) is 25.3 Å². The number of ketones is 1. The van der Waals surface area contributed by atoms with Crippen molar-refractivity contribution in [3.8, 4) is 11.5 Å². The van der Waals surface area contributed by atoms with Gasteiger partial charge in [0.1, 0.15) is 11.5 Å². The fourth-order valence-electron chi connectivity index (χ4n) is 4.34. The predicted molar refractivity (Wildman–Crippen MR) is 113 cm³/mol. The maximum atomic E-state index is 13.7. The summed E-state index contributed by atoms with van der Waals surface area (Å²) in [5, 5.41) is -2.25. The van der Waals surface area contributed by atoms with Crippen LogP contribution in [-0.4, -0.2) is 30.7 Å². The quantitative estimate of drug-likeness (QED) is 0.225. The average molecular weight is 521 g/mol. The van der Waals surface area contributed by atoms with E-state index in [0.717, 1.165) is 0 Å². The first-order valence-electron chi connectivity index (χ1n) is 10.3. The largest absolute Gasteiger partial charge is 0.496 e. The Bertz CT molecular complexity index is 1110. The first-order chi connectivity index (χ1) is 16.3. The van der Waals surface area contributed by atoms with Crippen LogP contribution in [0.4, 0.5) is 26.3 Å². The summed E-state index contributed by atoms with van der Waals surface area (Å²) < 4.78 is 106. The summed E-state index contributed by atoms with van der Waals surface area (Å²) in [6.07, 6.45) is -10.8. The normalized spacial score (nSPS) is 16.1. The van der Waals surface area contributed by atoms with E-state index >= 15 is 0 Å². The Labute approximate surface area is 197 Å². The van der Waals surface area contributed by atoms with Crippen molar-refractivity contribution in [2.75, 3.05) is 14.2 Å². The van der Waals surface area contributed by atoms with Crippen molar-refractivity contribution >= 4 is 19.1 Å². The zero-order valence-corrected chi connectivity index (χ0v) is 19.4. The van der Waals surface area contributed by atoms with Gasteiger partial charge >= 0.3 is 25.7 Å². The molecule has 3 rings (SSSR count). The molecule has 1 unspecified atom stereocenters. The molecule has 0 heterocycles. The molecule has 12 heteroatoms. The second-order valence-electron chi connectivity index (χ2n) is 7.93. The van der Waals surface area contributed by atoms with Gasteiger partial charge in [0.2, 0.25) is 10.9 Å². The van der Waals surface area contributed by atoms with Crippen LogP contribution in [0.25, 0.3) is 0 Å². The Morgan fingerprint density at radius 3 is 1.63 bits per heavy atom. The average Bonchev–Trinajstić information content (AvgIpc) is 3.31. The zero-order valence-electron chi connectivity index (χ0n) is 18.5. The van der Waals surface area contributed by atoms with E-state index in [-0.39, 0.29) is 42.7 Å². The van der Waals surface area contributed by atoms with E-state index in [2.05, 4.69) is 0 Å². The minimum atomic E-state index is -5.30. The molecule has 0 amide bonds. The van der Waals surface area contributed by atoms with Gasteiger partial charge in [-0.25, -0.2) is 4.79 Å². The first-order valence-corrected chi connectivity index (χ1v) is 11.6. The summed E-state index contributed by atoms with van der Waals surface area (Å²) in [5.41, 5.74) is -6.68. The maximum Gasteiger partial charge on any atom is 0.434 e. The van der Waals surface area contributed by atoms with E-state index in [1.807, 2.05) is 0 Å². The lowest BCUT2D eigenvalue weighted by molar-refractivity contribution is -0.143. The van der Waals surface area contributed by atoms with E-state index in [0.29, 0.717) is 18.2 Å². The van der Waals surface area contributed by atoms with Gasteiger partial charge < -0.3 is 9.47 Å². The zero-order chi connectivity index (χ0) is 26.2. The summed E-state index contributed by atoms with van der Waals surface area (Å²) in [6, 6.07) is 5.44. The number of ether oxygens (including phenoxy) is 2. The minimum Gasteiger partial charge on any atom is -0.496 e. The lowest BCUT2D eigenvalue weighted by Crippen LogP contribution is -2.37. The molecule has 0 spiro atoms. The van der Waals surface area contributed by atoms with Gasteiger partial charge in [-0.15, -0.1) is 0 Å². The smallest absolute Gasteiger partial charge is 0.434 e. The van der Waals surface area contributed by atoms with Crippen molar-refractivity contribution < 1.29 is 50.0 Å². The SMILES string of the molecule is COc1cccc(OC)c1C(=O)[P+](=O)C1(C(=O)c2c(C(F)(F)F)cccc2C(F)(F)F)CCCC1. The molecular weight excluding hydrogens is 501 g/mol. The van der Waals surface area contributed by atoms with Gasteiger partial charge in [-0.2, -0.15) is 26.3 Å². The number of rotatable bonds is 7. The molecule has 35 heavy (non-hydrogen) atoms. The van der Waals surface area contributed by atoms with Gasteiger partial charge in [-0.3, -0.25) is 4.79 Å². The number of halogens is 6. The van der Waals surface area contributed by atoms with Crippen LogP contribution < -0.4 is 9.47 Å². The standard InChI is InChI=1S/C23H20F6O5P/c1-33-15-9-6-10-16(34-2)18(15)20(31)35(32)21(11-3-4-12-21)19(30)17-13(22(24,25)26)7-5-8-14(17)23(27,28)29/h5-10H,3-4,11-12H2,1-2H3/q+1. The number of carbonyl (C=O) groups is 2. The third kappa shape index (κ3) is 4.78. The summed E-state index contributed by atoms with van der Waals surface area (Å²) in [6.45, 7) is 0. The molecule has 1 saturated carbocycles. The van der Waals surface area contributed by atoms with Crippen molar-refractivity contribution in [2.24, 2.45) is 0 Å². The van der Waals surface area contributed by atoms with E-state index < -0.39 is 53.3 Å². The molecule has 0 radical (unpaired) electrons. The highest BCUT2D eigenvalue weighted by atomic mass is 31.1. The molecule has 1 atom stereocenters. The van der Waals surface area contributed by atoms with Crippen molar-refractivity contribution in [3.05, 3.63) is 58.7 Å². The highest BCUT2D eigenvalue weighted by Crippen LogP contribution is 2.56. The number of Topliss-reactive ketones (excluding diaryl/α,β-unsaturated/α-hetero) is 1. The van der Waals surface area contributed by atoms with Crippen molar-refractivity contribution in [1.82, 2.24) is 0 Å². The van der Waals surface area contributed by atoms with Gasteiger partial charge in [0.15, 0.2) is 5.56 Å². The molecule has 0 N–H and O–H groups in total. The number of methoxy groups -OCH3 is 2. The van der Waals surface area contributed by atoms with Crippen LogP contribution in [0.3, 0.4) is 0 Å². The van der Waals surface area contributed by atoms with Gasteiger partial charge in [-0.1, -0.05) is 16.7 Å². The molecule has 2 aromatic carbocycles. The van der Waals surface area contributed by atoms with Crippen LogP contribution in [-0.2, 0) is 16.9 Å². The molecule has 5 nitrogen and oxygen atoms in total. The fourth-order valence-corrected chi connectivity index (χ4v) is 6.17. The maximum absolute atomic E-state index is 13.7. The van der Waals surface area contributed by atoms with E-state index in [1.54, 1.807) is 0 Å². The monoisotopic (exact) mass is 521 g/mol. The summed E-state index contributed by atoms with van der Waals surface area (Å²) in [4.78, 5) is 26.9. The van der Waals surface area contributed by atoms with Crippen LogP contribution in [0.2, 0.25) is 0 Å². The minimum absolute atomic E-state index is 0.0648. The van der Waals surface area contributed by atoms with Crippen LogP contribution in [0.15, 0.2) is 36.4 Å². The summed E-state index contributed by atoms with van der Waals surface area (Å²) in [5.74, 6) is -1.74. The van der Waals surface area contributed by atoms with Gasteiger partial charge in [0, 0.05) is 18.4 Å². The molecule has 0 aliphatic heterocycles. The number of carbonyl (C=O) groups excluding carboxylic acids is 2. The molecule has 2 aromatic rings. The van der Waals surface area contributed by atoms with Gasteiger partial charge in [-0.05, 0) is 37.1 Å². The highest BCUT2D eigenvalue weighted by molar-refractivity contribution is 7.67. The number of hydrogen-bond acceptors (Lipinski definition) is 5. The Balaban J connectivity index is 2.23. The van der Waals surface area contributed by atoms with Crippen LogP contribution in [0.5, 0.6) is 11.5 Å². The second kappa shape index (κ2) is 9.60. The molecule has 0 bridgehead atoms. The van der Waals surface area contributed by atoms with Crippen LogP contribution in [0.1, 0.15) is 57.5 Å². The van der Waals surface area contributed by atoms with Crippen molar-refractivity contribution in [3.63, 3.8) is 0 Å². The van der Waals surface area contributed by atoms with E-state index in [9.17, 15) is 40.5 Å². The lowest BCUT2D eigenvalue weighted by atomic mass is 9.88. The van der Waals surface area contributed by atoms with Gasteiger partial charge in [0.25, 0.3) is 0 Å². The third-order valence-electron chi connectivity index (χ3n) is 5.97. The van der Waals surface area contributed by atoms with E-state index in [1.165, 1.54) is 32.4 Å². The number of benzene rings is 2. The Morgan fingerprint density at radius 2 is 1.23 bits per heavy atom. The number of hydrogen-bond donors (Lipinski definition) is 0. The molecule has 0 aromatic heterocycles. The lowest BCUT2D eigenvalue weighted by Gasteiger charge is -2.23. The molecule has 188 valence electrons. The Kier molecular flexibility index (Phi) is 7.32. The molecular formula is C23H20F6O5P+. The molecule has 1 aliphatic carbocycles. The van der Waals surface area contributed by atoms with Crippen LogP contribution in [0, 0.1) is 0 Å². The van der Waals surface area contributed by atoms with Crippen LogP contribution >= 0.6 is 7.80 Å². The Hall–Kier alpha value is -2.94. The molecule has 0 saturated heterocycles. The third-order valence-corrected chi connectivity index (χ3v) is 7.99. The van der Waals surface area contributed by atoms with Crippen molar-refractivity contribution in [1.29, 1.82) is 0 Å². The number of alkyl halides is 6. The fraction of sp³-hybridized carbons (Fsp3) is 0.391. The highest BCUT2D eigenvalue weighted by Gasteiger charge is 2.63. The molecule has 1 fully saturated rings. The second-order valence-corrected chi connectivity index (χ2v) is 9.78. The predicted octanol–water partition coefficient (Wildman–Crippen LogP) is 6.90. The topological polar surface area (TPSA) is 69.7 Å². The summed E-state index contributed by atoms with van der Waals surface area (Å²) in [7, 11) is -0.915. The first kappa shape index (κ1) is 26.7.